The Kier molecular flexibility index (Phi) is 4.44. The maximum absolute atomic E-state index is 12.9. The lowest BCUT2D eigenvalue weighted by Gasteiger charge is -2.31. The lowest BCUT2D eigenvalue weighted by molar-refractivity contribution is -0.116. The Morgan fingerprint density at radius 2 is 2.00 bits per heavy atom. The minimum atomic E-state index is -3.54. The van der Waals surface area contributed by atoms with Crippen LogP contribution in [0.15, 0.2) is 23.1 Å². The molecule has 2 heterocycles. The maximum atomic E-state index is 12.9. The third kappa shape index (κ3) is 3.00. The molecule has 0 spiro atoms. The number of benzene rings is 1. The molecule has 1 N–H and O–H groups in total. The Bertz CT molecular complexity index is 711. The molecule has 3 rings (SSSR count). The summed E-state index contributed by atoms with van der Waals surface area (Å²) in [6.07, 6.45) is 2.42. The average molecular weight is 337 g/mol. The summed E-state index contributed by atoms with van der Waals surface area (Å²) in [5.74, 6) is -0.0509. The van der Waals surface area contributed by atoms with E-state index in [1.165, 1.54) is 11.2 Å². The number of piperidine rings is 1. The van der Waals surface area contributed by atoms with Gasteiger partial charge in [0.25, 0.3) is 0 Å². The van der Waals surface area contributed by atoms with Crippen LogP contribution in [0.4, 0.5) is 5.69 Å². The van der Waals surface area contributed by atoms with Crippen LogP contribution < -0.4 is 10.2 Å². The Labute approximate surface area is 137 Å². The predicted molar refractivity (Wildman–Crippen MR) is 89.0 cm³/mol. The monoisotopic (exact) mass is 337 g/mol. The number of sulfonamides is 1. The van der Waals surface area contributed by atoms with Crippen molar-refractivity contribution in [1.82, 2.24) is 9.62 Å². The van der Waals surface area contributed by atoms with Crippen molar-refractivity contribution in [3.05, 3.63) is 23.8 Å². The molecule has 1 saturated heterocycles. The van der Waals surface area contributed by atoms with Crippen LogP contribution in [0.25, 0.3) is 0 Å². The largest absolute Gasteiger partial charge is 0.317 e. The predicted octanol–water partition coefficient (Wildman–Crippen LogP) is 0.968. The van der Waals surface area contributed by atoms with Crippen LogP contribution >= 0.6 is 0 Å². The van der Waals surface area contributed by atoms with Gasteiger partial charge in [-0.1, -0.05) is 6.07 Å². The van der Waals surface area contributed by atoms with Crippen LogP contribution in [0, 0.1) is 0 Å². The van der Waals surface area contributed by atoms with Gasteiger partial charge in [-0.3, -0.25) is 4.79 Å². The van der Waals surface area contributed by atoms with E-state index in [0.717, 1.165) is 43.6 Å². The highest BCUT2D eigenvalue weighted by Crippen LogP contribution is 2.32. The molecule has 0 radical (unpaired) electrons. The standard InChI is InChI=1S/C16H23N3O3S/c1-12(20)19-10-7-13-3-4-15(11-16(13)19)23(21,22)18(2)14-5-8-17-9-6-14/h3-4,11,14,17H,5-10H2,1-2H3. The fraction of sp³-hybridized carbons (Fsp3) is 0.562. The summed E-state index contributed by atoms with van der Waals surface area (Å²) in [6.45, 7) is 3.81. The normalized spacial score (nSPS) is 19.2. The SMILES string of the molecule is CC(=O)N1CCc2ccc(S(=O)(=O)N(C)C3CCNCC3)cc21. The third-order valence-electron chi connectivity index (χ3n) is 4.83. The van der Waals surface area contributed by atoms with Gasteiger partial charge in [0, 0.05) is 32.2 Å². The minimum absolute atomic E-state index is 0.0263. The van der Waals surface area contributed by atoms with Gasteiger partial charge >= 0.3 is 0 Å². The molecule has 6 nitrogen and oxygen atoms in total. The molecule has 1 aromatic carbocycles. The molecule has 0 saturated carbocycles. The van der Waals surface area contributed by atoms with Crippen molar-refractivity contribution >= 4 is 21.6 Å². The second-order valence-corrected chi connectivity index (χ2v) is 8.21. The van der Waals surface area contributed by atoms with Crippen molar-refractivity contribution in [3.63, 3.8) is 0 Å². The smallest absolute Gasteiger partial charge is 0.243 e. The van der Waals surface area contributed by atoms with Gasteiger partial charge in [-0.05, 0) is 50.0 Å². The van der Waals surface area contributed by atoms with Crippen molar-refractivity contribution in [1.29, 1.82) is 0 Å². The molecule has 1 fully saturated rings. The summed E-state index contributed by atoms with van der Waals surface area (Å²) in [6, 6.07) is 5.17. The number of carbonyl (C=O) groups is 1. The van der Waals surface area contributed by atoms with E-state index in [-0.39, 0.29) is 16.8 Å². The average Bonchev–Trinajstić information content (AvgIpc) is 2.98. The Morgan fingerprint density at radius 3 is 2.65 bits per heavy atom. The second kappa shape index (κ2) is 6.22. The molecule has 0 aliphatic carbocycles. The van der Waals surface area contributed by atoms with Gasteiger partial charge < -0.3 is 10.2 Å². The molecule has 0 aromatic heterocycles. The number of carbonyl (C=O) groups excluding carboxylic acids is 1. The van der Waals surface area contributed by atoms with Gasteiger partial charge in [0.2, 0.25) is 15.9 Å². The molecule has 0 bridgehead atoms. The first-order valence-corrected chi connectivity index (χ1v) is 9.45. The molecule has 23 heavy (non-hydrogen) atoms. The number of rotatable bonds is 3. The quantitative estimate of drug-likeness (QED) is 0.892. The van der Waals surface area contributed by atoms with Crippen molar-refractivity contribution in [2.24, 2.45) is 0 Å². The van der Waals surface area contributed by atoms with E-state index in [0.29, 0.717) is 6.54 Å². The number of anilines is 1. The highest BCUT2D eigenvalue weighted by Gasteiger charge is 2.31. The highest BCUT2D eigenvalue weighted by molar-refractivity contribution is 7.89. The molecule has 1 amide bonds. The molecule has 0 unspecified atom stereocenters. The zero-order valence-corrected chi connectivity index (χ0v) is 14.4. The van der Waals surface area contributed by atoms with E-state index >= 15 is 0 Å². The van der Waals surface area contributed by atoms with Gasteiger partial charge in [0.1, 0.15) is 0 Å². The number of hydrogen-bond acceptors (Lipinski definition) is 4. The molecule has 0 atom stereocenters. The molecule has 2 aliphatic heterocycles. The van der Waals surface area contributed by atoms with Crippen LogP contribution in [0.3, 0.4) is 0 Å². The zero-order valence-electron chi connectivity index (χ0n) is 13.6. The van der Waals surface area contributed by atoms with Gasteiger partial charge in [0.05, 0.1) is 4.90 Å². The van der Waals surface area contributed by atoms with E-state index in [4.69, 9.17) is 0 Å². The molecule has 1 aromatic rings. The Morgan fingerprint density at radius 1 is 1.30 bits per heavy atom. The molecule has 126 valence electrons. The molecule has 2 aliphatic rings. The lowest BCUT2D eigenvalue weighted by Crippen LogP contribution is -2.43. The van der Waals surface area contributed by atoms with Crippen LogP contribution in [-0.2, 0) is 21.2 Å². The first-order valence-electron chi connectivity index (χ1n) is 8.01. The summed E-state index contributed by atoms with van der Waals surface area (Å²) >= 11 is 0. The van der Waals surface area contributed by atoms with Gasteiger partial charge in [-0.15, -0.1) is 0 Å². The summed E-state index contributed by atoms with van der Waals surface area (Å²) < 4.78 is 27.3. The molecular weight excluding hydrogens is 314 g/mol. The first-order chi connectivity index (χ1) is 10.9. The number of nitrogens with one attached hydrogen (secondary N) is 1. The second-order valence-electron chi connectivity index (χ2n) is 6.21. The summed E-state index contributed by atoms with van der Waals surface area (Å²) in [4.78, 5) is 13.6. The van der Waals surface area contributed by atoms with Gasteiger partial charge in [-0.2, -0.15) is 4.31 Å². The molecular formula is C16H23N3O3S. The van der Waals surface area contributed by atoms with Crippen LogP contribution in [-0.4, -0.2) is 51.4 Å². The van der Waals surface area contributed by atoms with E-state index in [9.17, 15) is 13.2 Å². The Balaban J connectivity index is 1.91. The van der Waals surface area contributed by atoms with Crippen molar-refractivity contribution < 1.29 is 13.2 Å². The maximum Gasteiger partial charge on any atom is 0.243 e. The number of nitrogens with zero attached hydrogens (tertiary/aromatic N) is 2. The van der Waals surface area contributed by atoms with Crippen LogP contribution in [0.5, 0.6) is 0 Å². The van der Waals surface area contributed by atoms with E-state index in [1.807, 2.05) is 6.07 Å². The molecule has 7 heteroatoms. The summed E-state index contributed by atoms with van der Waals surface area (Å²) in [7, 11) is -1.89. The number of amides is 1. The Hall–Kier alpha value is -1.44. The summed E-state index contributed by atoms with van der Waals surface area (Å²) in [5, 5.41) is 3.25. The number of hydrogen-bond donors (Lipinski definition) is 1. The van der Waals surface area contributed by atoms with Gasteiger partial charge in [-0.25, -0.2) is 8.42 Å². The fourth-order valence-electron chi connectivity index (χ4n) is 3.38. The van der Waals surface area contributed by atoms with Crippen molar-refractivity contribution in [2.75, 3.05) is 31.6 Å². The minimum Gasteiger partial charge on any atom is -0.317 e. The third-order valence-corrected chi connectivity index (χ3v) is 6.74. The van der Waals surface area contributed by atoms with E-state index in [2.05, 4.69) is 5.32 Å². The lowest BCUT2D eigenvalue weighted by atomic mass is 10.1. The van der Waals surface area contributed by atoms with E-state index in [1.54, 1.807) is 24.1 Å². The zero-order chi connectivity index (χ0) is 16.6. The van der Waals surface area contributed by atoms with Crippen LogP contribution in [0.1, 0.15) is 25.3 Å². The van der Waals surface area contributed by atoms with Crippen molar-refractivity contribution in [3.8, 4) is 0 Å². The van der Waals surface area contributed by atoms with E-state index < -0.39 is 10.0 Å². The van der Waals surface area contributed by atoms with Gasteiger partial charge in [0.15, 0.2) is 0 Å². The number of fused-ring (bicyclic) bond motifs is 1. The fourth-order valence-corrected chi connectivity index (χ4v) is 4.82. The topological polar surface area (TPSA) is 69.7 Å². The summed E-state index contributed by atoms with van der Waals surface area (Å²) in [5.41, 5.74) is 1.76. The van der Waals surface area contributed by atoms with Crippen LogP contribution in [0.2, 0.25) is 0 Å². The van der Waals surface area contributed by atoms with Crippen molar-refractivity contribution in [2.45, 2.75) is 37.1 Å². The first kappa shape index (κ1) is 16.4. The highest BCUT2D eigenvalue weighted by atomic mass is 32.2.